The van der Waals surface area contributed by atoms with Gasteiger partial charge in [0.2, 0.25) is 5.91 Å². The molecular weight excluding hydrogens is 428 g/mol. The number of benzene rings is 2. The molecule has 0 radical (unpaired) electrons. The zero-order valence-corrected chi connectivity index (χ0v) is 21.2. The van der Waals surface area contributed by atoms with Crippen LogP contribution in [0.5, 0.6) is 5.75 Å². The number of ether oxygens (including phenoxy) is 2. The van der Waals surface area contributed by atoms with Gasteiger partial charge in [0.05, 0.1) is 13.5 Å². The average Bonchev–Trinajstić information content (AvgIpc) is 2.82. The molecular formula is C28H38N2O4. The third-order valence-electron chi connectivity index (χ3n) is 6.23. The summed E-state index contributed by atoms with van der Waals surface area (Å²) < 4.78 is 10.8. The molecule has 1 saturated heterocycles. The van der Waals surface area contributed by atoms with Crippen LogP contribution < -0.4 is 4.74 Å². The number of likely N-dealkylation sites (tertiary alicyclic amines) is 1. The third kappa shape index (κ3) is 6.99. The van der Waals surface area contributed by atoms with Crippen LogP contribution in [0.1, 0.15) is 57.2 Å². The summed E-state index contributed by atoms with van der Waals surface area (Å²) in [6.45, 7) is 9.52. The Bertz CT molecular complexity index is 957. The van der Waals surface area contributed by atoms with Gasteiger partial charge in [0, 0.05) is 25.7 Å². The Morgan fingerprint density at radius 3 is 2.18 bits per heavy atom. The lowest BCUT2D eigenvalue weighted by atomic mass is 9.99. The minimum Gasteiger partial charge on any atom is -0.497 e. The number of methoxy groups -OCH3 is 1. The number of hydrogen-bond donors (Lipinski definition) is 0. The molecule has 2 amide bonds. The van der Waals surface area contributed by atoms with Gasteiger partial charge in [0.25, 0.3) is 0 Å². The molecule has 0 aromatic heterocycles. The second-order valence-corrected chi connectivity index (χ2v) is 9.87. The SMILES string of the molecule is CCc1ccccc1CN(C(=O)Cc1ccc(OC)cc1)C1CCN(C(=O)OC(C)(C)C)CC1. The predicted octanol–water partition coefficient (Wildman–Crippen LogP) is 5.23. The molecule has 0 atom stereocenters. The van der Waals surface area contributed by atoms with Crippen LogP contribution in [-0.4, -0.2) is 53.6 Å². The maximum absolute atomic E-state index is 13.6. The van der Waals surface area contributed by atoms with Gasteiger partial charge in [-0.05, 0) is 68.9 Å². The third-order valence-corrected chi connectivity index (χ3v) is 6.23. The number of nitrogens with zero attached hydrogens (tertiary/aromatic N) is 2. The average molecular weight is 467 g/mol. The molecule has 2 aromatic carbocycles. The molecule has 6 nitrogen and oxygen atoms in total. The van der Waals surface area contributed by atoms with Crippen LogP contribution in [0, 0.1) is 0 Å². The van der Waals surface area contributed by atoms with E-state index in [9.17, 15) is 9.59 Å². The summed E-state index contributed by atoms with van der Waals surface area (Å²) in [7, 11) is 1.64. The monoisotopic (exact) mass is 466 g/mol. The van der Waals surface area contributed by atoms with E-state index in [-0.39, 0.29) is 18.0 Å². The highest BCUT2D eigenvalue weighted by atomic mass is 16.6. The second kappa shape index (κ2) is 11.4. The Hall–Kier alpha value is -3.02. The molecule has 1 fully saturated rings. The Kier molecular flexibility index (Phi) is 8.59. The highest BCUT2D eigenvalue weighted by Gasteiger charge is 2.31. The summed E-state index contributed by atoms with van der Waals surface area (Å²) in [6, 6.07) is 16.1. The molecule has 1 aliphatic rings. The van der Waals surface area contributed by atoms with Gasteiger partial charge in [-0.15, -0.1) is 0 Å². The largest absolute Gasteiger partial charge is 0.497 e. The minimum atomic E-state index is -0.516. The van der Waals surface area contributed by atoms with Crippen LogP contribution in [0.4, 0.5) is 4.79 Å². The second-order valence-electron chi connectivity index (χ2n) is 9.87. The van der Waals surface area contributed by atoms with E-state index in [1.54, 1.807) is 12.0 Å². The summed E-state index contributed by atoms with van der Waals surface area (Å²) >= 11 is 0. The summed E-state index contributed by atoms with van der Waals surface area (Å²) in [5.74, 6) is 0.881. The van der Waals surface area contributed by atoms with Crippen molar-refractivity contribution in [3.63, 3.8) is 0 Å². The van der Waals surface area contributed by atoms with Gasteiger partial charge in [-0.2, -0.15) is 0 Å². The number of aryl methyl sites for hydroxylation is 1. The van der Waals surface area contributed by atoms with E-state index < -0.39 is 5.60 Å². The first-order chi connectivity index (χ1) is 16.2. The Labute approximate surface area is 203 Å². The first-order valence-electron chi connectivity index (χ1n) is 12.2. The van der Waals surface area contributed by atoms with Crippen molar-refractivity contribution in [1.29, 1.82) is 0 Å². The summed E-state index contributed by atoms with van der Waals surface area (Å²) in [5.41, 5.74) is 2.89. The van der Waals surface area contributed by atoms with Crippen LogP contribution in [0.25, 0.3) is 0 Å². The van der Waals surface area contributed by atoms with Gasteiger partial charge in [-0.3, -0.25) is 4.79 Å². The van der Waals surface area contributed by atoms with Crippen LogP contribution >= 0.6 is 0 Å². The molecule has 0 N–H and O–H groups in total. The molecule has 0 saturated carbocycles. The van der Waals surface area contributed by atoms with Crippen molar-refractivity contribution in [2.75, 3.05) is 20.2 Å². The van der Waals surface area contributed by atoms with E-state index >= 15 is 0 Å². The molecule has 0 bridgehead atoms. The normalized spacial score (nSPS) is 14.6. The topological polar surface area (TPSA) is 59.1 Å². The fourth-order valence-corrected chi connectivity index (χ4v) is 4.37. The van der Waals surface area contributed by atoms with Gasteiger partial charge < -0.3 is 19.3 Å². The van der Waals surface area contributed by atoms with E-state index in [2.05, 4.69) is 19.1 Å². The molecule has 184 valence electrons. The van der Waals surface area contributed by atoms with E-state index in [1.807, 2.05) is 62.1 Å². The highest BCUT2D eigenvalue weighted by molar-refractivity contribution is 5.79. The lowest BCUT2D eigenvalue weighted by Crippen LogP contribution is -2.49. The maximum atomic E-state index is 13.6. The van der Waals surface area contributed by atoms with Crippen molar-refractivity contribution in [3.05, 3.63) is 65.2 Å². The molecule has 3 rings (SSSR count). The molecule has 2 aromatic rings. The minimum absolute atomic E-state index is 0.0781. The summed E-state index contributed by atoms with van der Waals surface area (Å²) in [6.07, 6.45) is 2.46. The van der Waals surface area contributed by atoms with Crippen LogP contribution in [-0.2, 0) is 28.9 Å². The predicted molar refractivity (Wildman–Crippen MR) is 134 cm³/mol. The number of hydrogen-bond acceptors (Lipinski definition) is 4. The first kappa shape index (κ1) is 25.6. The zero-order valence-electron chi connectivity index (χ0n) is 21.2. The lowest BCUT2D eigenvalue weighted by molar-refractivity contribution is -0.134. The van der Waals surface area contributed by atoms with Crippen molar-refractivity contribution in [2.45, 2.75) is 71.6 Å². The van der Waals surface area contributed by atoms with Gasteiger partial charge >= 0.3 is 6.09 Å². The summed E-state index contributed by atoms with van der Waals surface area (Å²) in [5, 5.41) is 0. The van der Waals surface area contributed by atoms with Crippen LogP contribution in [0.15, 0.2) is 48.5 Å². The smallest absolute Gasteiger partial charge is 0.410 e. The van der Waals surface area contributed by atoms with E-state index in [4.69, 9.17) is 9.47 Å². The van der Waals surface area contributed by atoms with Crippen molar-refractivity contribution < 1.29 is 19.1 Å². The molecule has 0 spiro atoms. The number of carbonyl (C=O) groups excluding carboxylic acids is 2. The molecule has 0 aliphatic carbocycles. The molecule has 1 heterocycles. The zero-order chi connectivity index (χ0) is 24.7. The molecule has 34 heavy (non-hydrogen) atoms. The van der Waals surface area contributed by atoms with Gasteiger partial charge in [-0.1, -0.05) is 43.3 Å². The van der Waals surface area contributed by atoms with E-state index in [0.717, 1.165) is 30.6 Å². The Balaban J connectivity index is 1.75. The number of piperidine rings is 1. The van der Waals surface area contributed by atoms with Gasteiger partial charge in [-0.25, -0.2) is 4.79 Å². The van der Waals surface area contributed by atoms with E-state index in [0.29, 0.717) is 26.1 Å². The van der Waals surface area contributed by atoms with Gasteiger partial charge in [0.1, 0.15) is 11.4 Å². The quantitative estimate of drug-likeness (QED) is 0.561. The maximum Gasteiger partial charge on any atom is 0.410 e. The Morgan fingerprint density at radius 1 is 1.00 bits per heavy atom. The van der Waals surface area contributed by atoms with Crippen LogP contribution in [0.3, 0.4) is 0 Å². The summed E-state index contributed by atoms with van der Waals surface area (Å²) in [4.78, 5) is 29.8. The van der Waals surface area contributed by atoms with Crippen molar-refractivity contribution >= 4 is 12.0 Å². The molecule has 1 aliphatic heterocycles. The standard InChI is InChI=1S/C28H38N2O4/c1-6-22-9-7-8-10-23(22)20-30(26(31)19-21-11-13-25(33-5)14-12-21)24-15-17-29(18-16-24)27(32)34-28(2,3)4/h7-14,24H,6,15-20H2,1-5H3. The van der Waals surface area contributed by atoms with Crippen LogP contribution in [0.2, 0.25) is 0 Å². The van der Waals surface area contributed by atoms with Crippen molar-refractivity contribution in [1.82, 2.24) is 9.80 Å². The Morgan fingerprint density at radius 2 is 1.62 bits per heavy atom. The van der Waals surface area contributed by atoms with Crippen molar-refractivity contribution in [3.8, 4) is 5.75 Å². The van der Waals surface area contributed by atoms with Gasteiger partial charge in [0.15, 0.2) is 0 Å². The fourth-order valence-electron chi connectivity index (χ4n) is 4.37. The molecule has 6 heteroatoms. The highest BCUT2D eigenvalue weighted by Crippen LogP contribution is 2.24. The lowest BCUT2D eigenvalue weighted by Gasteiger charge is -2.39. The first-order valence-corrected chi connectivity index (χ1v) is 12.2. The molecule has 0 unspecified atom stereocenters. The van der Waals surface area contributed by atoms with Crippen molar-refractivity contribution in [2.24, 2.45) is 0 Å². The fraction of sp³-hybridized carbons (Fsp3) is 0.500. The number of rotatable bonds is 7. The number of carbonyl (C=O) groups is 2. The number of amides is 2. The van der Waals surface area contributed by atoms with E-state index in [1.165, 1.54) is 11.1 Å².